The Morgan fingerprint density at radius 2 is 2.27 bits per heavy atom. The highest BCUT2D eigenvalue weighted by Crippen LogP contribution is 2.27. The van der Waals surface area contributed by atoms with E-state index in [0.717, 1.165) is 5.69 Å². The molecule has 0 N–H and O–H groups in total. The van der Waals surface area contributed by atoms with Crippen molar-refractivity contribution in [2.75, 3.05) is 24.7 Å². The molecule has 0 amide bonds. The molecule has 2 rings (SSSR count). The summed E-state index contributed by atoms with van der Waals surface area (Å²) in [5.74, 6) is 0. The predicted molar refractivity (Wildman–Crippen MR) is 59.0 cm³/mol. The van der Waals surface area contributed by atoms with E-state index < -0.39 is 0 Å². The number of hydrogen-bond donors (Lipinski definition) is 0. The fraction of sp³-hybridized carbons (Fsp3) is 0.364. The van der Waals surface area contributed by atoms with E-state index in [-0.39, 0.29) is 6.04 Å². The quantitative estimate of drug-likeness (QED) is 0.730. The maximum atomic E-state index is 9.00. The second-order valence-corrected chi connectivity index (χ2v) is 3.77. The average Bonchev–Trinajstić information content (AvgIpc) is 2.30. The van der Waals surface area contributed by atoms with Crippen LogP contribution < -0.4 is 4.90 Å². The first kappa shape index (κ1) is 10.3. The van der Waals surface area contributed by atoms with Gasteiger partial charge in [0.15, 0.2) is 0 Å². The maximum absolute atomic E-state index is 9.00. The molecule has 1 aliphatic heterocycles. The number of hydrogen-bond acceptors (Lipinski definition) is 3. The first-order valence-electron chi connectivity index (χ1n) is 4.81. The molecule has 0 spiro atoms. The third-order valence-corrected chi connectivity index (χ3v) is 2.76. The van der Waals surface area contributed by atoms with Crippen molar-refractivity contribution in [3.05, 3.63) is 29.3 Å². The van der Waals surface area contributed by atoms with Gasteiger partial charge in [-0.1, -0.05) is 23.7 Å². The topological polar surface area (TPSA) is 36.3 Å². The van der Waals surface area contributed by atoms with Crippen LogP contribution >= 0.6 is 11.6 Å². The Kier molecular flexibility index (Phi) is 3.10. The molecule has 3 nitrogen and oxygen atoms in total. The van der Waals surface area contributed by atoms with E-state index in [0.29, 0.717) is 24.8 Å². The van der Waals surface area contributed by atoms with Crippen LogP contribution in [0.2, 0.25) is 5.02 Å². The van der Waals surface area contributed by atoms with Gasteiger partial charge < -0.3 is 9.64 Å². The average molecular weight is 223 g/mol. The Hall–Kier alpha value is -1.24. The molecule has 78 valence electrons. The van der Waals surface area contributed by atoms with Gasteiger partial charge in [0.05, 0.1) is 30.0 Å². The zero-order chi connectivity index (χ0) is 10.7. The van der Waals surface area contributed by atoms with Crippen LogP contribution in [0.5, 0.6) is 0 Å². The van der Waals surface area contributed by atoms with Crippen molar-refractivity contribution in [3.8, 4) is 6.07 Å². The highest BCUT2D eigenvalue weighted by Gasteiger charge is 2.23. The van der Waals surface area contributed by atoms with Crippen LogP contribution in [-0.4, -0.2) is 25.8 Å². The molecule has 0 bridgehead atoms. The van der Waals surface area contributed by atoms with E-state index in [2.05, 4.69) is 6.07 Å². The molecular formula is C11H11ClN2O. The summed E-state index contributed by atoms with van der Waals surface area (Å²) < 4.78 is 5.26. The number of nitrogens with zero attached hydrogens (tertiary/aromatic N) is 2. The molecule has 1 unspecified atom stereocenters. The molecule has 15 heavy (non-hydrogen) atoms. The van der Waals surface area contributed by atoms with Crippen LogP contribution in [0, 0.1) is 11.3 Å². The van der Waals surface area contributed by atoms with Gasteiger partial charge in [0, 0.05) is 6.54 Å². The summed E-state index contributed by atoms with van der Waals surface area (Å²) in [6.07, 6.45) is 0. The number of nitriles is 1. The van der Waals surface area contributed by atoms with Gasteiger partial charge in [0.2, 0.25) is 0 Å². The molecule has 1 aliphatic rings. The van der Waals surface area contributed by atoms with E-state index in [4.69, 9.17) is 21.6 Å². The predicted octanol–water partition coefficient (Wildman–Crippen LogP) is 2.07. The maximum Gasteiger partial charge on any atom is 0.140 e. The first-order valence-corrected chi connectivity index (χ1v) is 5.19. The third-order valence-electron chi connectivity index (χ3n) is 2.44. The normalized spacial score (nSPS) is 21.1. The first-order chi connectivity index (χ1) is 7.33. The lowest BCUT2D eigenvalue weighted by atomic mass is 10.2. The summed E-state index contributed by atoms with van der Waals surface area (Å²) in [6.45, 7) is 1.80. The lowest BCUT2D eigenvalue weighted by Gasteiger charge is -2.33. The molecule has 1 heterocycles. The molecule has 4 heteroatoms. The minimum absolute atomic E-state index is 0.237. The van der Waals surface area contributed by atoms with Crippen molar-refractivity contribution >= 4 is 17.3 Å². The summed E-state index contributed by atoms with van der Waals surface area (Å²) in [6, 6.07) is 9.55. The smallest absolute Gasteiger partial charge is 0.140 e. The minimum Gasteiger partial charge on any atom is -0.376 e. The number of para-hydroxylation sites is 1. The number of anilines is 1. The molecule has 1 atom stereocenters. The van der Waals surface area contributed by atoms with Crippen LogP contribution in [0.25, 0.3) is 0 Å². The highest BCUT2D eigenvalue weighted by atomic mass is 35.5. The zero-order valence-electron chi connectivity index (χ0n) is 8.19. The van der Waals surface area contributed by atoms with Crippen LogP contribution in [-0.2, 0) is 4.74 Å². The van der Waals surface area contributed by atoms with Crippen LogP contribution in [0.4, 0.5) is 5.69 Å². The molecule has 1 fully saturated rings. The summed E-state index contributed by atoms with van der Waals surface area (Å²) in [7, 11) is 0. The molecular weight excluding hydrogens is 212 g/mol. The number of ether oxygens (including phenoxy) is 1. The molecule has 1 aromatic carbocycles. The summed E-state index contributed by atoms with van der Waals surface area (Å²) in [5.41, 5.74) is 0.911. The van der Waals surface area contributed by atoms with Crippen molar-refractivity contribution in [3.63, 3.8) is 0 Å². The van der Waals surface area contributed by atoms with Gasteiger partial charge in [-0.15, -0.1) is 0 Å². The van der Waals surface area contributed by atoms with Crippen molar-refractivity contribution in [2.24, 2.45) is 0 Å². The Balaban J connectivity index is 2.29. The summed E-state index contributed by atoms with van der Waals surface area (Å²) in [4.78, 5) is 1.99. The molecule has 0 radical (unpaired) electrons. The van der Waals surface area contributed by atoms with E-state index in [1.165, 1.54) is 0 Å². The van der Waals surface area contributed by atoms with Gasteiger partial charge in [-0.3, -0.25) is 0 Å². The van der Waals surface area contributed by atoms with Crippen LogP contribution in [0.1, 0.15) is 0 Å². The third kappa shape index (κ3) is 2.06. The number of morpholine rings is 1. The Morgan fingerprint density at radius 3 is 3.00 bits per heavy atom. The van der Waals surface area contributed by atoms with Gasteiger partial charge in [0.1, 0.15) is 6.04 Å². The lowest BCUT2D eigenvalue weighted by Crippen LogP contribution is -2.44. The Bertz CT molecular complexity index is 388. The fourth-order valence-corrected chi connectivity index (χ4v) is 1.93. The SMILES string of the molecule is N#CC1COCCN1c1ccccc1Cl. The van der Waals surface area contributed by atoms with E-state index in [1.807, 2.05) is 29.2 Å². The summed E-state index contributed by atoms with van der Waals surface area (Å²) in [5, 5.41) is 9.68. The van der Waals surface area contributed by atoms with Crippen LogP contribution in [0.15, 0.2) is 24.3 Å². The van der Waals surface area contributed by atoms with Gasteiger partial charge in [-0.25, -0.2) is 0 Å². The van der Waals surface area contributed by atoms with E-state index in [9.17, 15) is 0 Å². The van der Waals surface area contributed by atoms with Crippen molar-refractivity contribution in [2.45, 2.75) is 6.04 Å². The van der Waals surface area contributed by atoms with Gasteiger partial charge in [-0.2, -0.15) is 5.26 Å². The Labute approximate surface area is 93.8 Å². The van der Waals surface area contributed by atoms with Gasteiger partial charge in [0.25, 0.3) is 0 Å². The Morgan fingerprint density at radius 1 is 1.47 bits per heavy atom. The minimum atomic E-state index is -0.237. The monoisotopic (exact) mass is 222 g/mol. The standard InChI is InChI=1S/C11H11ClN2O/c12-10-3-1-2-4-11(10)14-5-6-15-8-9(14)7-13/h1-4,9H,5-6,8H2. The van der Waals surface area contributed by atoms with Crippen molar-refractivity contribution in [1.82, 2.24) is 0 Å². The molecule has 1 aromatic rings. The summed E-state index contributed by atoms with van der Waals surface area (Å²) >= 11 is 6.09. The van der Waals surface area contributed by atoms with E-state index in [1.54, 1.807) is 0 Å². The second-order valence-electron chi connectivity index (χ2n) is 3.36. The molecule has 0 aliphatic carbocycles. The van der Waals surface area contributed by atoms with Crippen molar-refractivity contribution in [1.29, 1.82) is 5.26 Å². The van der Waals surface area contributed by atoms with E-state index >= 15 is 0 Å². The van der Waals surface area contributed by atoms with Gasteiger partial charge >= 0.3 is 0 Å². The highest BCUT2D eigenvalue weighted by molar-refractivity contribution is 6.33. The molecule has 0 aromatic heterocycles. The van der Waals surface area contributed by atoms with Crippen molar-refractivity contribution < 1.29 is 4.74 Å². The fourth-order valence-electron chi connectivity index (χ4n) is 1.68. The largest absolute Gasteiger partial charge is 0.376 e. The lowest BCUT2D eigenvalue weighted by molar-refractivity contribution is 0.107. The molecule has 0 saturated carbocycles. The zero-order valence-corrected chi connectivity index (χ0v) is 8.94. The number of halogens is 1. The molecule has 1 saturated heterocycles. The van der Waals surface area contributed by atoms with Crippen LogP contribution in [0.3, 0.4) is 0 Å². The number of benzene rings is 1. The van der Waals surface area contributed by atoms with Gasteiger partial charge in [-0.05, 0) is 12.1 Å². The second kappa shape index (κ2) is 4.52. The number of rotatable bonds is 1.